The Balaban J connectivity index is 0.00000480. The van der Waals surface area contributed by atoms with Crippen LogP contribution in [0.25, 0.3) is 11.0 Å². The summed E-state index contributed by atoms with van der Waals surface area (Å²) in [6, 6.07) is 6.83. The van der Waals surface area contributed by atoms with Gasteiger partial charge >= 0.3 is 11.9 Å². The van der Waals surface area contributed by atoms with E-state index in [2.05, 4.69) is 4.98 Å². The highest BCUT2D eigenvalue weighted by Gasteiger charge is 2.29. The number of rotatable bonds is 11. The minimum absolute atomic E-state index is 0. The number of amides is 1. The number of ether oxygens (including phenoxy) is 2. The topological polar surface area (TPSA) is 94.0 Å². The van der Waals surface area contributed by atoms with Crippen LogP contribution in [0.15, 0.2) is 30.6 Å². The second-order valence-electron chi connectivity index (χ2n) is 6.79. The van der Waals surface area contributed by atoms with Gasteiger partial charge < -0.3 is 18.9 Å². The Morgan fingerprint density at radius 2 is 1.56 bits per heavy atom. The highest BCUT2D eigenvalue weighted by Crippen LogP contribution is 2.20. The van der Waals surface area contributed by atoms with Crippen LogP contribution in [0.2, 0.25) is 0 Å². The zero-order valence-electron chi connectivity index (χ0n) is 18.9. The van der Waals surface area contributed by atoms with Gasteiger partial charge in [0.15, 0.2) is 0 Å². The number of imidazole rings is 1. The molecule has 0 spiro atoms. The van der Waals surface area contributed by atoms with Gasteiger partial charge in [-0.15, -0.1) is 24.8 Å². The minimum Gasteiger partial charge on any atom is -0.465 e. The maximum Gasteiger partial charge on any atom is 0.320 e. The molecule has 0 bridgehead atoms. The first-order valence-electron chi connectivity index (χ1n) is 10.1. The fraction of sp³-hybridized carbons (Fsp3) is 0.524. The standard InChI is InChI=1S/C21H30N4O5.2ClH/c1-5-23(4)21(28)18(25-15-22-16-10-8-9-11-17(16)25)12-24(13-19(26)29-6-2)14-20(27)30-7-3;;/h8-11,15,18H,5-7,12-14H2,1-4H3;2*1H. The molecule has 0 aliphatic carbocycles. The molecule has 2 rings (SSSR count). The molecule has 0 aliphatic heterocycles. The number of esters is 2. The van der Waals surface area contributed by atoms with Gasteiger partial charge in [-0.1, -0.05) is 12.1 Å². The summed E-state index contributed by atoms with van der Waals surface area (Å²) >= 11 is 0. The first-order valence-corrected chi connectivity index (χ1v) is 10.1. The van der Waals surface area contributed by atoms with Crippen molar-refractivity contribution in [2.45, 2.75) is 26.8 Å². The minimum atomic E-state index is -0.675. The number of aromatic nitrogens is 2. The molecule has 9 nitrogen and oxygen atoms in total. The molecule has 0 fully saturated rings. The van der Waals surface area contributed by atoms with Crippen molar-refractivity contribution in [1.29, 1.82) is 0 Å². The molecule has 32 heavy (non-hydrogen) atoms. The van der Waals surface area contributed by atoms with Crippen LogP contribution in [-0.2, 0) is 23.9 Å². The summed E-state index contributed by atoms with van der Waals surface area (Å²) in [7, 11) is 1.72. The molecular formula is C21H32Cl2N4O5. The average molecular weight is 491 g/mol. The summed E-state index contributed by atoms with van der Waals surface area (Å²) in [5, 5.41) is 0. The van der Waals surface area contributed by atoms with E-state index in [4.69, 9.17) is 9.47 Å². The van der Waals surface area contributed by atoms with E-state index in [1.807, 2.05) is 31.2 Å². The third kappa shape index (κ3) is 7.96. The summed E-state index contributed by atoms with van der Waals surface area (Å²) in [4.78, 5) is 45.0. The predicted octanol–water partition coefficient (Wildman–Crippen LogP) is 2.33. The van der Waals surface area contributed by atoms with E-state index in [9.17, 15) is 14.4 Å². The predicted molar refractivity (Wildman–Crippen MR) is 126 cm³/mol. The van der Waals surface area contributed by atoms with Crippen LogP contribution in [0.4, 0.5) is 0 Å². The Morgan fingerprint density at radius 3 is 2.09 bits per heavy atom. The monoisotopic (exact) mass is 490 g/mol. The fourth-order valence-electron chi connectivity index (χ4n) is 3.13. The largest absolute Gasteiger partial charge is 0.465 e. The van der Waals surface area contributed by atoms with Gasteiger partial charge in [-0.3, -0.25) is 19.3 Å². The zero-order chi connectivity index (χ0) is 22.1. The normalized spacial score (nSPS) is 11.3. The summed E-state index contributed by atoms with van der Waals surface area (Å²) in [5.41, 5.74) is 1.56. The Kier molecular flexibility index (Phi) is 13.6. The van der Waals surface area contributed by atoms with Crippen LogP contribution < -0.4 is 0 Å². The number of carbonyl (C=O) groups excluding carboxylic acids is 3. The lowest BCUT2D eigenvalue weighted by Crippen LogP contribution is -2.44. The highest BCUT2D eigenvalue weighted by molar-refractivity contribution is 5.86. The molecule has 0 saturated carbocycles. The number of benzene rings is 1. The van der Waals surface area contributed by atoms with Crippen molar-refractivity contribution >= 4 is 53.7 Å². The number of hydrogen-bond acceptors (Lipinski definition) is 7. The van der Waals surface area contributed by atoms with E-state index in [1.165, 1.54) is 0 Å². The van der Waals surface area contributed by atoms with Crippen molar-refractivity contribution in [2.75, 3.05) is 46.4 Å². The van der Waals surface area contributed by atoms with E-state index >= 15 is 0 Å². The smallest absolute Gasteiger partial charge is 0.320 e. The fourth-order valence-corrected chi connectivity index (χ4v) is 3.13. The van der Waals surface area contributed by atoms with Crippen molar-refractivity contribution in [1.82, 2.24) is 19.4 Å². The third-order valence-corrected chi connectivity index (χ3v) is 4.70. The zero-order valence-corrected chi connectivity index (χ0v) is 20.5. The van der Waals surface area contributed by atoms with Gasteiger partial charge in [-0.05, 0) is 32.9 Å². The van der Waals surface area contributed by atoms with Gasteiger partial charge in [-0.2, -0.15) is 0 Å². The van der Waals surface area contributed by atoms with Gasteiger partial charge in [0.05, 0.1) is 43.7 Å². The maximum absolute atomic E-state index is 13.2. The van der Waals surface area contributed by atoms with Crippen LogP contribution >= 0.6 is 24.8 Å². The van der Waals surface area contributed by atoms with Gasteiger partial charge in [0.1, 0.15) is 6.04 Å². The van der Waals surface area contributed by atoms with Crippen LogP contribution in [0, 0.1) is 0 Å². The first-order chi connectivity index (χ1) is 14.4. The molecule has 1 atom stereocenters. The molecule has 0 saturated heterocycles. The molecule has 11 heteroatoms. The molecule has 180 valence electrons. The Hall–Kier alpha value is -2.36. The lowest BCUT2D eigenvalue weighted by atomic mass is 10.2. The third-order valence-electron chi connectivity index (χ3n) is 4.70. The first kappa shape index (κ1) is 29.6. The molecule has 0 aliphatic rings. The number of para-hydroxylation sites is 2. The lowest BCUT2D eigenvalue weighted by molar-refractivity contribution is -0.149. The van der Waals surface area contributed by atoms with Crippen molar-refractivity contribution in [3.8, 4) is 0 Å². The lowest BCUT2D eigenvalue weighted by Gasteiger charge is -2.29. The quantitative estimate of drug-likeness (QED) is 0.446. The van der Waals surface area contributed by atoms with Gasteiger partial charge in [0.25, 0.3) is 0 Å². The molecule has 2 aromatic rings. The number of nitrogens with zero attached hydrogens (tertiary/aromatic N) is 4. The second kappa shape index (κ2) is 14.7. The highest BCUT2D eigenvalue weighted by atomic mass is 35.5. The van der Waals surface area contributed by atoms with Crippen molar-refractivity contribution in [3.05, 3.63) is 30.6 Å². The molecular weight excluding hydrogens is 459 g/mol. The summed E-state index contributed by atoms with van der Waals surface area (Å²) in [6.45, 7) is 6.19. The number of hydrogen-bond donors (Lipinski definition) is 0. The maximum atomic E-state index is 13.2. The number of likely N-dealkylation sites (N-methyl/N-ethyl adjacent to an activating group) is 1. The molecule has 1 aromatic heterocycles. The summed E-state index contributed by atoms with van der Waals surface area (Å²) < 4.78 is 11.9. The summed E-state index contributed by atoms with van der Waals surface area (Å²) in [6.07, 6.45) is 1.61. The second-order valence-corrected chi connectivity index (χ2v) is 6.79. The number of carbonyl (C=O) groups is 3. The number of halogens is 2. The van der Waals surface area contributed by atoms with E-state index in [0.29, 0.717) is 6.54 Å². The molecule has 1 unspecified atom stereocenters. The molecule has 0 N–H and O–H groups in total. The Bertz CT molecular complexity index is 857. The SMILES string of the molecule is CCOC(=O)CN(CC(=O)OCC)CC(C(=O)N(C)CC)n1cnc2ccccc21.Cl.Cl. The van der Waals surface area contributed by atoms with Gasteiger partial charge in [0.2, 0.25) is 5.91 Å². The van der Waals surface area contributed by atoms with E-state index in [0.717, 1.165) is 11.0 Å². The van der Waals surface area contributed by atoms with Crippen LogP contribution in [0.5, 0.6) is 0 Å². The van der Waals surface area contributed by atoms with Crippen LogP contribution in [-0.4, -0.2) is 83.6 Å². The van der Waals surface area contributed by atoms with Crippen molar-refractivity contribution in [3.63, 3.8) is 0 Å². The van der Waals surface area contributed by atoms with Crippen molar-refractivity contribution < 1.29 is 23.9 Å². The van der Waals surface area contributed by atoms with Crippen molar-refractivity contribution in [2.24, 2.45) is 0 Å². The molecule has 1 heterocycles. The number of fused-ring (bicyclic) bond motifs is 1. The van der Waals surface area contributed by atoms with Crippen LogP contribution in [0.1, 0.15) is 26.8 Å². The summed E-state index contributed by atoms with van der Waals surface area (Å²) in [5.74, 6) is -1.07. The van der Waals surface area contributed by atoms with Gasteiger partial charge in [-0.25, -0.2) is 4.98 Å². The van der Waals surface area contributed by atoms with Gasteiger partial charge in [0, 0.05) is 20.1 Å². The molecule has 0 radical (unpaired) electrons. The Morgan fingerprint density at radius 1 is 1.00 bits per heavy atom. The average Bonchev–Trinajstić information content (AvgIpc) is 3.15. The van der Waals surface area contributed by atoms with E-state index < -0.39 is 18.0 Å². The Labute approximate surface area is 200 Å². The van der Waals surface area contributed by atoms with Crippen LogP contribution in [0.3, 0.4) is 0 Å². The van der Waals surface area contributed by atoms with E-state index in [1.54, 1.807) is 41.6 Å². The van der Waals surface area contributed by atoms with E-state index in [-0.39, 0.29) is 63.6 Å². The molecule has 1 aromatic carbocycles. The molecule has 1 amide bonds.